The molecule has 0 aromatic carbocycles. The minimum absolute atomic E-state index is 0.147. The van der Waals surface area contributed by atoms with Gasteiger partial charge < -0.3 is 10.2 Å². The van der Waals surface area contributed by atoms with Crippen molar-refractivity contribution in [3.8, 4) is 0 Å². The van der Waals surface area contributed by atoms with Gasteiger partial charge in [0.15, 0.2) is 0 Å². The lowest BCUT2D eigenvalue weighted by Crippen LogP contribution is -2.86. The molecular formula is C49H92N4O4. The van der Waals surface area contributed by atoms with Gasteiger partial charge in [0.2, 0.25) is 5.66 Å². The molecule has 0 aromatic heterocycles. The summed E-state index contributed by atoms with van der Waals surface area (Å²) in [5, 5.41) is 24.2. The molecule has 4 saturated heterocycles. The smallest absolute Gasteiger partial charge is 0.342 e. The van der Waals surface area contributed by atoms with Crippen LogP contribution >= 0.6 is 0 Å². The van der Waals surface area contributed by atoms with Gasteiger partial charge in [0.1, 0.15) is 5.66 Å². The van der Waals surface area contributed by atoms with Gasteiger partial charge in [-0.05, 0) is 51.4 Å². The number of nitrogens with zero attached hydrogens (tertiary/aromatic N) is 4. The van der Waals surface area contributed by atoms with Gasteiger partial charge in [0.25, 0.3) is 0 Å². The van der Waals surface area contributed by atoms with E-state index in [1.165, 1.54) is 128 Å². The van der Waals surface area contributed by atoms with Gasteiger partial charge in [-0.2, -0.15) is 0 Å². The van der Waals surface area contributed by atoms with Crippen molar-refractivity contribution in [2.45, 2.75) is 249 Å². The molecule has 0 spiro atoms. The predicted molar refractivity (Wildman–Crippen MR) is 238 cm³/mol. The Bertz CT molecular complexity index is 948. The fourth-order valence-electron chi connectivity index (χ4n) is 11.6. The molecule has 2 N–H and O–H groups in total. The summed E-state index contributed by atoms with van der Waals surface area (Å²) in [5.41, 5.74) is -2.68. The lowest BCUT2D eigenvalue weighted by molar-refractivity contribution is -0.242. The van der Waals surface area contributed by atoms with E-state index in [0.717, 1.165) is 155 Å². The van der Waals surface area contributed by atoms with Crippen LogP contribution < -0.4 is 0 Å². The number of carboxylic acids is 2. The largest absolute Gasteiger partial charge is 0.481 e. The highest BCUT2D eigenvalue weighted by atomic mass is 16.4. The van der Waals surface area contributed by atoms with Gasteiger partial charge in [-0.1, -0.05) is 180 Å². The second kappa shape index (κ2) is 29.1. The minimum atomic E-state index is -1.48. The van der Waals surface area contributed by atoms with Crippen molar-refractivity contribution in [2.75, 3.05) is 52.4 Å². The fourth-order valence-corrected chi connectivity index (χ4v) is 11.6. The van der Waals surface area contributed by atoms with Gasteiger partial charge in [0.05, 0.1) is 6.42 Å². The standard InChI is InChI=1S/C49H92N4O4/c54-46(55)45-48(50-37-29-21-13-5-1-6-14-22-30-38-50,51-39-31-23-15-7-2-8-16-24-32-40-51)49(47(56)57,52-41-33-25-17-9-3-10-18-26-34-42-52)53-43-35-27-19-11-4-12-20-28-36-44-53/h1-45H2,(H,54,55)(H,56,57). The van der Waals surface area contributed by atoms with Crippen molar-refractivity contribution in [3.63, 3.8) is 0 Å². The first-order chi connectivity index (χ1) is 28.0. The van der Waals surface area contributed by atoms with Crippen LogP contribution in [0.4, 0.5) is 0 Å². The van der Waals surface area contributed by atoms with Gasteiger partial charge >= 0.3 is 11.9 Å². The summed E-state index contributed by atoms with van der Waals surface area (Å²) >= 11 is 0. The van der Waals surface area contributed by atoms with Gasteiger partial charge in [0, 0.05) is 52.4 Å². The molecule has 4 aliphatic rings. The van der Waals surface area contributed by atoms with E-state index in [1.54, 1.807) is 0 Å². The topological polar surface area (TPSA) is 87.6 Å². The van der Waals surface area contributed by atoms with Crippen molar-refractivity contribution in [3.05, 3.63) is 0 Å². The number of hydrogen-bond donors (Lipinski definition) is 2. The molecule has 0 aliphatic carbocycles. The number of hydrogen-bond acceptors (Lipinski definition) is 6. The third-order valence-electron chi connectivity index (χ3n) is 14.6. The zero-order valence-corrected chi connectivity index (χ0v) is 37.3. The van der Waals surface area contributed by atoms with Crippen LogP contribution in [0.3, 0.4) is 0 Å². The van der Waals surface area contributed by atoms with Crippen molar-refractivity contribution < 1.29 is 19.8 Å². The Morgan fingerprint density at radius 2 is 0.474 bits per heavy atom. The Morgan fingerprint density at radius 1 is 0.298 bits per heavy atom. The molecule has 8 nitrogen and oxygen atoms in total. The molecule has 8 heteroatoms. The summed E-state index contributed by atoms with van der Waals surface area (Å²) in [6.07, 6.45) is 41.8. The highest BCUT2D eigenvalue weighted by Gasteiger charge is 2.68. The monoisotopic (exact) mass is 801 g/mol. The number of carboxylic acid groups (broad SMARTS) is 2. The molecule has 0 radical (unpaired) electrons. The average molecular weight is 801 g/mol. The highest BCUT2D eigenvalue weighted by Crippen LogP contribution is 2.46. The third kappa shape index (κ3) is 15.6. The van der Waals surface area contributed by atoms with Crippen molar-refractivity contribution in [1.29, 1.82) is 0 Å². The summed E-state index contributed by atoms with van der Waals surface area (Å²) in [5.74, 6) is -1.61. The average Bonchev–Trinajstić information content (AvgIpc) is 3.16. The van der Waals surface area contributed by atoms with E-state index in [9.17, 15) is 15.0 Å². The molecule has 0 saturated carbocycles. The van der Waals surface area contributed by atoms with E-state index < -0.39 is 23.3 Å². The lowest BCUT2D eigenvalue weighted by atomic mass is 9.79. The quantitative estimate of drug-likeness (QED) is 0.251. The molecule has 57 heavy (non-hydrogen) atoms. The van der Waals surface area contributed by atoms with E-state index in [-0.39, 0.29) is 6.42 Å². The summed E-state index contributed by atoms with van der Waals surface area (Å²) in [7, 11) is 0. The molecule has 4 fully saturated rings. The third-order valence-corrected chi connectivity index (χ3v) is 14.6. The SMILES string of the molecule is O=C(O)CC(N1CCCCCCCCCCC1)(N1CCCCCCCCCCC1)C(C(=O)O)(N1CCCCCCCCCCC1)N1CCCCCCCCCCC1. The zero-order chi connectivity index (χ0) is 40.3. The molecule has 0 amide bonds. The van der Waals surface area contributed by atoms with Gasteiger partial charge in [-0.15, -0.1) is 0 Å². The van der Waals surface area contributed by atoms with Gasteiger partial charge in [-0.25, -0.2) is 4.79 Å². The first-order valence-electron chi connectivity index (χ1n) is 25.5. The van der Waals surface area contributed by atoms with E-state index in [0.29, 0.717) is 0 Å². The van der Waals surface area contributed by atoms with Crippen LogP contribution in [0.15, 0.2) is 0 Å². The lowest BCUT2D eigenvalue weighted by Gasteiger charge is -2.64. The van der Waals surface area contributed by atoms with Gasteiger partial charge in [-0.3, -0.25) is 24.4 Å². The summed E-state index contributed by atoms with van der Waals surface area (Å²) < 4.78 is 0. The molecule has 4 heterocycles. The second-order valence-corrected chi connectivity index (χ2v) is 19.0. The number of aliphatic carboxylic acids is 2. The second-order valence-electron chi connectivity index (χ2n) is 19.0. The Kier molecular flexibility index (Phi) is 24.7. The highest BCUT2D eigenvalue weighted by molar-refractivity contribution is 5.83. The number of carbonyl (C=O) groups is 2. The van der Waals surface area contributed by atoms with E-state index in [4.69, 9.17) is 0 Å². The Morgan fingerprint density at radius 3 is 0.649 bits per heavy atom. The van der Waals surface area contributed by atoms with Crippen molar-refractivity contribution >= 4 is 11.9 Å². The Balaban J connectivity index is 2.02. The van der Waals surface area contributed by atoms with Crippen LogP contribution in [0.25, 0.3) is 0 Å². The summed E-state index contributed by atoms with van der Waals surface area (Å²) in [4.78, 5) is 39.6. The molecule has 0 aromatic rings. The summed E-state index contributed by atoms with van der Waals surface area (Å²) in [6, 6.07) is 0. The molecule has 4 rings (SSSR count). The van der Waals surface area contributed by atoms with Crippen molar-refractivity contribution in [2.24, 2.45) is 0 Å². The fraction of sp³-hybridized carbons (Fsp3) is 0.959. The van der Waals surface area contributed by atoms with Crippen LogP contribution in [0.2, 0.25) is 0 Å². The molecular weight excluding hydrogens is 709 g/mol. The van der Waals surface area contributed by atoms with E-state index in [1.807, 2.05) is 0 Å². The molecule has 332 valence electrons. The zero-order valence-electron chi connectivity index (χ0n) is 37.3. The first-order valence-corrected chi connectivity index (χ1v) is 25.5. The van der Waals surface area contributed by atoms with Crippen LogP contribution in [-0.2, 0) is 9.59 Å². The maximum atomic E-state index is 15.5. The maximum Gasteiger partial charge on any atom is 0.342 e. The Labute approximate surface area is 351 Å². The van der Waals surface area contributed by atoms with E-state index >= 15 is 4.79 Å². The van der Waals surface area contributed by atoms with E-state index in [2.05, 4.69) is 19.6 Å². The first kappa shape index (κ1) is 48.4. The molecule has 0 bridgehead atoms. The van der Waals surface area contributed by atoms with Crippen LogP contribution in [0.5, 0.6) is 0 Å². The number of rotatable bonds is 8. The predicted octanol–water partition coefficient (Wildman–Crippen LogP) is 12.2. The van der Waals surface area contributed by atoms with Crippen LogP contribution in [0, 0.1) is 0 Å². The maximum absolute atomic E-state index is 15.5. The molecule has 0 unspecified atom stereocenters. The van der Waals surface area contributed by atoms with Crippen LogP contribution in [0.1, 0.15) is 238 Å². The molecule has 0 atom stereocenters. The normalized spacial score (nSPS) is 25.0. The van der Waals surface area contributed by atoms with Crippen LogP contribution in [-0.4, -0.2) is 105 Å². The Hall–Kier alpha value is -1.22. The summed E-state index contributed by atoms with van der Waals surface area (Å²) in [6.45, 7) is 6.03. The minimum Gasteiger partial charge on any atom is -0.481 e. The van der Waals surface area contributed by atoms with Crippen molar-refractivity contribution in [1.82, 2.24) is 19.6 Å². The molecule has 4 aliphatic heterocycles.